The summed E-state index contributed by atoms with van der Waals surface area (Å²) in [6, 6.07) is 0. The van der Waals surface area contributed by atoms with Crippen LogP contribution in [0.1, 0.15) is 117 Å². The third kappa shape index (κ3) is 19.2. The number of hydrogen-bond donors (Lipinski definition) is 0. The fourth-order valence-corrected chi connectivity index (χ4v) is 3.51. The van der Waals surface area contributed by atoms with Crippen molar-refractivity contribution in [2.24, 2.45) is 0 Å². The quantitative estimate of drug-likeness (QED) is 0.0938. The highest BCUT2D eigenvalue weighted by Crippen LogP contribution is 2.14. The standard InChI is InChI=1S/C25H50NO2.ClH/c1-6-8-9-10-11-12-13-14-15-16-17-18-19-20-21-22-25(27)28-24(3)26(4,5)23-7-2;/h7,24H,2,6,8-23H2,1,3-5H3;1H/q+1;/p-1. The number of carbonyl (C=O) groups excluding carboxylic acids is 1. The summed E-state index contributed by atoms with van der Waals surface area (Å²) < 4.78 is 6.21. The van der Waals surface area contributed by atoms with Crippen molar-refractivity contribution in [1.82, 2.24) is 0 Å². The van der Waals surface area contributed by atoms with Gasteiger partial charge in [0.1, 0.15) is 0 Å². The van der Waals surface area contributed by atoms with Crippen LogP contribution in [-0.2, 0) is 9.53 Å². The van der Waals surface area contributed by atoms with Gasteiger partial charge in [0.2, 0.25) is 6.23 Å². The molecule has 0 heterocycles. The predicted octanol–water partition coefficient (Wildman–Crippen LogP) is 4.40. The summed E-state index contributed by atoms with van der Waals surface area (Å²) in [6.45, 7) is 8.82. The van der Waals surface area contributed by atoms with Crippen molar-refractivity contribution < 1.29 is 26.4 Å². The van der Waals surface area contributed by atoms with E-state index in [1.807, 2.05) is 13.0 Å². The largest absolute Gasteiger partial charge is 1.00 e. The Kier molecular flexibility index (Phi) is 21.9. The van der Waals surface area contributed by atoms with Crippen LogP contribution in [0.2, 0.25) is 0 Å². The molecule has 0 fully saturated rings. The number of nitrogens with zero attached hydrogens (tertiary/aromatic N) is 1. The van der Waals surface area contributed by atoms with Gasteiger partial charge >= 0.3 is 5.97 Å². The molecular weight excluding hydrogens is 382 g/mol. The lowest BCUT2D eigenvalue weighted by Gasteiger charge is -2.33. The summed E-state index contributed by atoms with van der Waals surface area (Å²) >= 11 is 0. The molecule has 0 aromatic heterocycles. The number of hydrogen-bond acceptors (Lipinski definition) is 2. The van der Waals surface area contributed by atoms with E-state index in [4.69, 9.17) is 4.74 Å². The molecule has 0 aliphatic heterocycles. The van der Waals surface area contributed by atoms with Gasteiger partial charge in [0, 0.05) is 13.3 Å². The number of esters is 1. The molecule has 0 spiro atoms. The Hall–Kier alpha value is -0.540. The molecule has 0 amide bonds. The van der Waals surface area contributed by atoms with Gasteiger partial charge in [-0.25, -0.2) is 0 Å². The van der Waals surface area contributed by atoms with Crippen molar-refractivity contribution >= 4 is 5.97 Å². The van der Waals surface area contributed by atoms with Crippen LogP contribution in [-0.4, -0.2) is 37.3 Å². The Morgan fingerprint density at radius 3 is 1.59 bits per heavy atom. The third-order valence-corrected chi connectivity index (χ3v) is 5.87. The summed E-state index contributed by atoms with van der Waals surface area (Å²) in [7, 11) is 4.13. The smallest absolute Gasteiger partial charge is 0.310 e. The lowest BCUT2D eigenvalue weighted by atomic mass is 10.0. The molecule has 0 aromatic rings. The zero-order valence-corrected chi connectivity index (χ0v) is 20.8. The Bertz CT molecular complexity index is 385. The first-order valence-corrected chi connectivity index (χ1v) is 12.1. The second-order valence-electron chi connectivity index (χ2n) is 9.04. The molecule has 0 saturated heterocycles. The average Bonchev–Trinajstić information content (AvgIpc) is 2.64. The van der Waals surface area contributed by atoms with Crippen molar-refractivity contribution in [1.29, 1.82) is 0 Å². The lowest BCUT2D eigenvalue weighted by molar-refractivity contribution is -0.927. The molecule has 0 N–H and O–H groups in total. The Morgan fingerprint density at radius 1 is 0.828 bits per heavy atom. The molecule has 174 valence electrons. The number of rotatable bonds is 20. The first-order valence-electron chi connectivity index (χ1n) is 12.1. The fraction of sp³-hybridized carbons (Fsp3) is 0.880. The van der Waals surface area contributed by atoms with Crippen molar-refractivity contribution in [2.45, 2.75) is 123 Å². The molecule has 0 aliphatic rings. The van der Waals surface area contributed by atoms with E-state index in [2.05, 4.69) is 27.6 Å². The third-order valence-electron chi connectivity index (χ3n) is 5.87. The molecule has 1 atom stereocenters. The summed E-state index contributed by atoms with van der Waals surface area (Å²) in [4.78, 5) is 12.0. The highest BCUT2D eigenvalue weighted by Gasteiger charge is 2.25. The average molecular weight is 432 g/mol. The second-order valence-corrected chi connectivity index (χ2v) is 9.04. The molecule has 0 saturated carbocycles. The molecule has 0 aromatic carbocycles. The minimum Gasteiger partial charge on any atom is -1.00 e. The van der Waals surface area contributed by atoms with Crippen molar-refractivity contribution in [3.8, 4) is 0 Å². The van der Waals surface area contributed by atoms with E-state index >= 15 is 0 Å². The molecular formula is C25H50ClNO2. The molecule has 4 heteroatoms. The predicted molar refractivity (Wildman–Crippen MR) is 122 cm³/mol. The van der Waals surface area contributed by atoms with Crippen LogP contribution in [0.3, 0.4) is 0 Å². The van der Waals surface area contributed by atoms with Gasteiger partial charge < -0.3 is 17.1 Å². The van der Waals surface area contributed by atoms with E-state index in [0.717, 1.165) is 19.4 Å². The fourth-order valence-electron chi connectivity index (χ4n) is 3.51. The van der Waals surface area contributed by atoms with Crippen LogP contribution >= 0.6 is 0 Å². The van der Waals surface area contributed by atoms with Gasteiger partial charge in [-0.05, 0) is 12.5 Å². The van der Waals surface area contributed by atoms with Gasteiger partial charge in [-0.1, -0.05) is 103 Å². The molecule has 1 unspecified atom stereocenters. The first-order chi connectivity index (χ1) is 13.4. The highest BCUT2D eigenvalue weighted by molar-refractivity contribution is 5.69. The molecule has 0 radical (unpaired) electrons. The van der Waals surface area contributed by atoms with Gasteiger partial charge in [-0.2, -0.15) is 0 Å². The monoisotopic (exact) mass is 431 g/mol. The van der Waals surface area contributed by atoms with Gasteiger partial charge in [-0.15, -0.1) is 0 Å². The van der Waals surface area contributed by atoms with E-state index < -0.39 is 0 Å². The topological polar surface area (TPSA) is 26.3 Å². The molecule has 0 bridgehead atoms. The van der Waals surface area contributed by atoms with Crippen LogP contribution in [0.25, 0.3) is 0 Å². The maximum Gasteiger partial charge on any atom is 0.310 e. The lowest BCUT2D eigenvalue weighted by Crippen LogP contribution is -3.00. The highest BCUT2D eigenvalue weighted by atomic mass is 35.5. The van der Waals surface area contributed by atoms with Crippen LogP contribution in [0.15, 0.2) is 12.7 Å². The van der Waals surface area contributed by atoms with Gasteiger partial charge in [0.05, 0.1) is 20.6 Å². The number of likely N-dealkylation sites (N-methyl/N-ethyl adjacent to an activating group) is 1. The van der Waals surface area contributed by atoms with Crippen LogP contribution in [0.5, 0.6) is 0 Å². The number of ether oxygens (including phenoxy) is 1. The zero-order chi connectivity index (χ0) is 21.1. The summed E-state index contributed by atoms with van der Waals surface area (Å²) in [6.07, 6.45) is 22.4. The minimum atomic E-state index is -0.123. The number of halogens is 1. The summed E-state index contributed by atoms with van der Waals surface area (Å²) in [5.41, 5.74) is 0. The Labute approximate surface area is 188 Å². The Balaban J connectivity index is 0. The minimum absolute atomic E-state index is 0. The van der Waals surface area contributed by atoms with Crippen LogP contribution < -0.4 is 12.4 Å². The molecule has 0 aliphatic carbocycles. The van der Waals surface area contributed by atoms with Crippen molar-refractivity contribution in [3.05, 3.63) is 12.7 Å². The van der Waals surface area contributed by atoms with E-state index in [1.165, 1.54) is 83.5 Å². The SMILES string of the molecule is C=CC[N+](C)(C)C(C)OC(=O)CCCCCCCCCCCCCCCCC.[Cl-]. The summed E-state index contributed by atoms with van der Waals surface area (Å²) in [5.74, 6) is -0.0579. The van der Waals surface area contributed by atoms with Gasteiger partial charge in [0.25, 0.3) is 0 Å². The van der Waals surface area contributed by atoms with Crippen LogP contribution in [0, 0.1) is 0 Å². The Morgan fingerprint density at radius 2 is 1.21 bits per heavy atom. The normalized spacial score (nSPS) is 12.3. The van der Waals surface area contributed by atoms with E-state index in [0.29, 0.717) is 10.9 Å². The van der Waals surface area contributed by atoms with Crippen molar-refractivity contribution in [2.75, 3.05) is 20.6 Å². The van der Waals surface area contributed by atoms with Gasteiger partial charge in [-0.3, -0.25) is 9.28 Å². The van der Waals surface area contributed by atoms with E-state index in [-0.39, 0.29) is 24.6 Å². The second kappa shape index (κ2) is 20.7. The number of unbranched alkanes of at least 4 members (excludes halogenated alkanes) is 14. The number of carbonyl (C=O) groups is 1. The first kappa shape index (κ1) is 30.7. The maximum atomic E-state index is 12.0. The van der Waals surface area contributed by atoms with E-state index in [9.17, 15) is 4.79 Å². The molecule has 3 nitrogen and oxygen atoms in total. The zero-order valence-electron chi connectivity index (χ0n) is 20.0. The van der Waals surface area contributed by atoms with E-state index in [1.54, 1.807) is 0 Å². The number of quaternary nitrogens is 1. The van der Waals surface area contributed by atoms with Crippen LogP contribution in [0.4, 0.5) is 0 Å². The van der Waals surface area contributed by atoms with Crippen molar-refractivity contribution in [3.63, 3.8) is 0 Å². The summed E-state index contributed by atoms with van der Waals surface area (Å²) in [5, 5.41) is 0. The molecule has 29 heavy (non-hydrogen) atoms. The van der Waals surface area contributed by atoms with Gasteiger partial charge in [0.15, 0.2) is 0 Å². The molecule has 0 rings (SSSR count). The maximum absolute atomic E-state index is 12.0.